The van der Waals surface area contributed by atoms with Gasteiger partial charge < -0.3 is 10.1 Å². The molecule has 0 aliphatic rings. The quantitative estimate of drug-likeness (QED) is 0.884. The van der Waals surface area contributed by atoms with Crippen LogP contribution in [0.15, 0.2) is 30.6 Å². The molecule has 0 unspecified atom stereocenters. The lowest BCUT2D eigenvalue weighted by molar-refractivity contribution is 0.438. The molecule has 0 bridgehead atoms. The molecule has 1 aromatic carbocycles. The Bertz CT molecular complexity index is 585. The van der Waals surface area contributed by atoms with Gasteiger partial charge >= 0.3 is 6.01 Å². The average Bonchev–Trinajstić information content (AvgIpc) is 2.44. The summed E-state index contributed by atoms with van der Waals surface area (Å²) < 4.78 is 18.7. The van der Waals surface area contributed by atoms with Gasteiger partial charge in [0.15, 0.2) is 0 Å². The van der Waals surface area contributed by atoms with Crippen molar-refractivity contribution >= 4 is 0 Å². The van der Waals surface area contributed by atoms with Crippen LogP contribution in [0.25, 0.3) is 0 Å². The summed E-state index contributed by atoms with van der Waals surface area (Å²) in [6, 6.07) is 4.81. The number of hydrogen-bond acceptors (Lipinski definition) is 4. The molecular formula is C16H20FN3O. The second-order valence-electron chi connectivity index (χ2n) is 5.41. The van der Waals surface area contributed by atoms with Crippen LogP contribution in [0.5, 0.6) is 11.8 Å². The molecule has 1 N–H and O–H groups in total. The molecule has 1 aromatic heterocycles. The van der Waals surface area contributed by atoms with E-state index in [1.165, 1.54) is 6.07 Å². The van der Waals surface area contributed by atoms with Gasteiger partial charge in [-0.1, -0.05) is 13.8 Å². The standard InChI is InChI=1S/C16H20FN3O/c1-11(2)7-18-8-13-9-19-16(20-10-13)21-14-4-5-15(17)12(3)6-14/h4-6,9-11,18H,7-8H2,1-3H3. The van der Waals surface area contributed by atoms with Crippen molar-refractivity contribution in [3.63, 3.8) is 0 Å². The second-order valence-corrected chi connectivity index (χ2v) is 5.41. The number of halogens is 1. The third-order valence-electron chi connectivity index (χ3n) is 2.90. The van der Waals surface area contributed by atoms with Crippen LogP contribution < -0.4 is 10.1 Å². The van der Waals surface area contributed by atoms with Gasteiger partial charge in [0, 0.05) is 24.5 Å². The zero-order chi connectivity index (χ0) is 15.2. The van der Waals surface area contributed by atoms with Crippen LogP contribution in [-0.4, -0.2) is 16.5 Å². The number of hydrogen-bond donors (Lipinski definition) is 1. The minimum absolute atomic E-state index is 0.255. The molecule has 0 amide bonds. The van der Waals surface area contributed by atoms with Gasteiger partial charge in [-0.25, -0.2) is 14.4 Å². The van der Waals surface area contributed by atoms with Crippen molar-refractivity contribution in [2.24, 2.45) is 5.92 Å². The molecule has 112 valence electrons. The van der Waals surface area contributed by atoms with Crippen molar-refractivity contribution in [1.82, 2.24) is 15.3 Å². The monoisotopic (exact) mass is 289 g/mol. The predicted octanol–water partition coefficient (Wildman–Crippen LogP) is 3.46. The van der Waals surface area contributed by atoms with E-state index in [1.807, 2.05) is 0 Å². The molecule has 0 radical (unpaired) electrons. The van der Waals surface area contributed by atoms with E-state index in [4.69, 9.17) is 4.74 Å². The summed E-state index contributed by atoms with van der Waals surface area (Å²) in [5.41, 5.74) is 1.53. The maximum atomic E-state index is 13.2. The lowest BCUT2D eigenvalue weighted by Gasteiger charge is -2.08. The van der Waals surface area contributed by atoms with E-state index in [2.05, 4.69) is 29.1 Å². The topological polar surface area (TPSA) is 47.0 Å². The fraction of sp³-hybridized carbons (Fsp3) is 0.375. The Hall–Kier alpha value is -2.01. The van der Waals surface area contributed by atoms with Crippen LogP contribution in [0.2, 0.25) is 0 Å². The number of benzene rings is 1. The average molecular weight is 289 g/mol. The van der Waals surface area contributed by atoms with E-state index < -0.39 is 0 Å². The van der Waals surface area contributed by atoms with Crippen molar-refractivity contribution in [3.05, 3.63) is 47.5 Å². The van der Waals surface area contributed by atoms with Gasteiger partial charge in [0.2, 0.25) is 0 Å². The minimum Gasteiger partial charge on any atom is -0.424 e. The van der Waals surface area contributed by atoms with Gasteiger partial charge in [0.25, 0.3) is 0 Å². The largest absolute Gasteiger partial charge is 0.424 e. The Morgan fingerprint density at radius 3 is 2.57 bits per heavy atom. The van der Waals surface area contributed by atoms with E-state index in [0.29, 0.717) is 17.2 Å². The van der Waals surface area contributed by atoms with Gasteiger partial charge in [-0.2, -0.15) is 0 Å². The first kappa shape index (κ1) is 15.4. The van der Waals surface area contributed by atoms with E-state index in [1.54, 1.807) is 31.5 Å². The molecular weight excluding hydrogens is 269 g/mol. The summed E-state index contributed by atoms with van der Waals surface area (Å²) in [5, 5.41) is 3.32. The molecule has 0 fully saturated rings. The normalized spacial score (nSPS) is 10.9. The van der Waals surface area contributed by atoms with E-state index in [0.717, 1.165) is 18.7 Å². The number of ether oxygens (including phenoxy) is 1. The highest BCUT2D eigenvalue weighted by Gasteiger charge is 2.04. The fourth-order valence-electron chi connectivity index (χ4n) is 1.78. The van der Waals surface area contributed by atoms with Gasteiger partial charge in [-0.15, -0.1) is 0 Å². The lowest BCUT2D eigenvalue weighted by Crippen LogP contribution is -2.19. The summed E-state index contributed by atoms with van der Waals surface area (Å²) in [4.78, 5) is 8.31. The number of nitrogens with zero attached hydrogens (tertiary/aromatic N) is 2. The minimum atomic E-state index is -0.255. The van der Waals surface area contributed by atoms with Crippen molar-refractivity contribution in [1.29, 1.82) is 0 Å². The zero-order valence-electron chi connectivity index (χ0n) is 12.6. The maximum Gasteiger partial charge on any atom is 0.321 e. The van der Waals surface area contributed by atoms with Crippen molar-refractivity contribution in [2.45, 2.75) is 27.3 Å². The Balaban J connectivity index is 1.94. The van der Waals surface area contributed by atoms with Gasteiger partial charge in [0.1, 0.15) is 11.6 Å². The van der Waals surface area contributed by atoms with Crippen LogP contribution in [0.1, 0.15) is 25.0 Å². The molecule has 5 heteroatoms. The lowest BCUT2D eigenvalue weighted by atomic mass is 10.2. The fourth-order valence-corrected chi connectivity index (χ4v) is 1.78. The predicted molar refractivity (Wildman–Crippen MR) is 79.8 cm³/mol. The Morgan fingerprint density at radius 2 is 1.95 bits per heavy atom. The van der Waals surface area contributed by atoms with E-state index in [-0.39, 0.29) is 11.8 Å². The highest BCUT2D eigenvalue weighted by Crippen LogP contribution is 2.20. The number of rotatable bonds is 6. The third-order valence-corrected chi connectivity index (χ3v) is 2.90. The molecule has 0 saturated heterocycles. The van der Waals surface area contributed by atoms with Crippen molar-refractivity contribution in [2.75, 3.05) is 6.54 Å². The zero-order valence-corrected chi connectivity index (χ0v) is 12.6. The van der Waals surface area contributed by atoms with E-state index >= 15 is 0 Å². The Labute approximate surface area is 124 Å². The number of aromatic nitrogens is 2. The molecule has 2 rings (SSSR count). The number of aryl methyl sites for hydroxylation is 1. The Morgan fingerprint density at radius 1 is 1.24 bits per heavy atom. The first-order chi connectivity index (χ1) is 10.0. The Kier molecular flexibility index (Phi) is 5.22. The molecule has 2 aromatic rings. The molecule has 0 saturated carbocycles. The van der Waals surface area contributed by atoms with Crippen molar-refractivity contribution < 1.29 is 9.13 Å². The van der Waals surface area contributed by atoms with E-state index in [9.17, 15) is 4.39 Å². The summed E-state index contributed by atoms with van der Waals surface area (Å²) in [6.45, 7) is 7.68. The van der Waals surface area contributed by atoms with Gasteiger partial charge in [-0.05, 0) is 43.1 Å². The molecule has 1 heterocycles. The first-order valence-corrected chi connectivity index (χ1v) is 7.00. The molecule has 21 heavy (non-hydrogen) atoms. The molecule has 0 atom stereocenters. The number of nitrogens with one attached hydrogen (secondary N) is 1. The summed E-state index contributed by atoms with van der Waals surface area (Å²) >= 11 is 0. The van der Waals surface area contributed by atoms with Crippen LogP contribution in [0.3, 0.4) is 0 Å². The first-order valence-electron chi connectivity index (χ1n) is 7.00. The summed E-state index contributed by atoms with van der Waals surface area (Å²) in [6.07, 6.45) is 3.46. The van der Waals surface area contributed by atoms with Gasteiger partial charge in [0.05, 0.1) is 0 Å². The summed E-state index contributed by atoms with van der Waals surface area (Å²) in [5.74, 6) is 0.879. The SMILES string of the molecule is Cc1cc(Oc2ncc(CNCC(C)C)cn2)ccc1F. The highest BCUT2D eigenvalue weighted by atomic mass is 19.1. The summed E-state index contributed by atoms with van der Waals surface area (Å²) in [7, 11) is 0. The molecule has 0 spiro atoms. The third kappa shape index (κ3) is 4.79. The second kappa shape index (κ2) is 7.13. The van der Waals surface area contributed by atoms with Crippen LogP contribution in [-0.2, 0) is 6.54 Å². The highest BCUT2D eigenvalue weighted by molar-refractivity contribution is 5.30. The molecule has 4 nitrogen and oxygen atoms in total. The molecule has 0 aliphatic carbocycles. The van der Waals surface area contributed by atoms with Gasteiger partial charge in [-0.3, -0.25) is 0 Å². The van der Waals surface area contributed by atoms with Crippen LogP contribution in [0, 0.1) is 18.7 Å². The maximum absolute atomic E-state index is 13.2. The van der Waals surface area contributed by atoms with Crippen LogP contribution in [0.4, 0.5) is 4.39 Å². The smallest absolute Gasteiger partial charge is 0.321 e. The van der Waals surface area contributed by atoms with Crippen molar-refractivity contribution in [3.8, 4) is 11.8 Å². The van der Waals surface area contributed by atoms with Crippen LogP contribution >= 0.6 is 0 Å². The molecule has 0 aliphatic heterocycles.